The van der Waals surface area contributed by atoms with Crippen molar-refractivity contribution in [2.75, 3.05) is 26.7 Å². The quantitative estimate of drug-likeness (QED) is 0.929. The molecule has 0 unspecified atom stereocenters. The van der Waals surface area contributed by atoms with Crippen LogP contribution in [0.5, 0.6) is 0 Å². The molecule has 2 aliphatic rings. The predicted octanol–water partition coefficient (Wildman–Crippen LogP) is 2.70. The number of hydrogen-bond acceptors (Lipinski definition) is 3. The van der Waals surface area contributed by atoms with E-state index in [1.807, 2.05) is 11.9 Å². The van der Waals surface area contributed by atoms with E-state index in [1.165, 1.54) is 42.5 Å². The monoisotopic (exact) mass is 292 g/mol. The first kappa shape index (κ1) is 14.1. The smallest absolute Gasteiger partial charge is 0.263 e. The molecule has 3 rings (SSSR count). The topological polar surface area (TPSA) is 32.3 Å². The van der Waals surface area contributed by atoms with Crippen molar-refractivity contribution in [3.8, 4) is 0 Å². The van der Waals surface area contributed by atoms with Gasteiger partial charge in [-0.3, -0.25) is 4.79 Å². The lowest BCUT2D eigenvalue weighted by Crippen LogP contribution is -2.37. The van der Waals surface area contributed by atoms with E-state index in [4.69, 9.17) is 0 Å². The molecule has 1 amide bonds. The summed E-state index contributed by atoms with van der Waals surface area (Å²) in [5.74, 6) is 0.891. The van der Waals surface area contributed by atoms with Crippen molar-refractivity contribution in [3.63, 3.8) is 0 Å². The number of aryl methyl sites for hydroxylation is 2. The number of carbonyl (C=O) groups excluding carboxylic acids is 1. The van der Waals surface area contributed by atoms with Crippen LogP contribution in [0.15, 0.2) is 6.07 Å². The zero-order valence-electron chi connectivity index (χ0n) is 12.3. The molecule has 1 aliphatic carbocycles. The minimum atomic E-state index is 0.225. The average molecular weight is 292 g/mol. The molecule has 0 atom stereocenters. The van der Waals surface area contributed by atoms with Crippen LogP contribution in [0.2, 0.25) is 0 Å². The zero-order chi connectivity index (χ0) is 13.9. The zero-order valence-corrected chi connectivity index (χ0v) is 13.1. The van der Waals surface area contributed by atoms with Crippen LogP contribution in [0.1, 0.15) is 45.8 Å². The Bertz CT molecular complexity index is 453. The van der Waals surface area contributed by atoms with Gasteiger partial charge in [-0.15, -0.1) is 11.3 Å². The highest BCUT2D eigenvalue weighted by Gasteiger charge is 2.22. The molecule has 0 bridgehead atoms. The first-order valence-corrected chi connectivity index (χ1v) is 8.63. The molecule has 0 spiro atoms. The lowest BCUT2D eigenvalue weighted by atomic mass is 9.97. The van der Waals surface area contributed by atoms with Crippen LogP contribution < -0.4 is 5.32 Å². The second-order valence-corrected chi connectivity index (χ2v) is 7.28. The number of amides is 1. The molecule has 1 aliphatic heterocycles. The summed E-state index contributed by atoms with van der Waals surface area (Å²) < 4.78 is 0. The van der Waals surface area contributed by atoms with Crippen LogP contribution in [-0.4, -0.2) is 37.5 Å². The molecule has 2 heterocycles. The van der Waals surface area contributed by atoms with Crippen molar-refractivity contribution >= 4 is 17.2 Å². The lowest BCUT2D eigenvalue weighted by Gasteiger charge is -2.27. The average Bonchev–Trinajstić information content (AvgIpc) is 2.91. The van der Waals surface area contributed by atoms with Crippen molar-refractivity contribution < 1.29 is 4.79 Å². The van der Waals surface area contributed by atoms with E-state index < -0.39 is 0 Å². The molecule has 0 aromatic carbocycles. The third kappa shape index (κ3) is 3.07. The fourth-order valence-corrected chi connectivity index (χ4v) is 4.57. The molecular weight excluding hydrogens is 268 g/mol. The molecule has 20 heavy (non-hydrogen) atoms. The van der Waals surface area contributed by atoms with E-state index in [2.05, 4.69) is 11.4 Å². The number of rotatable bonds is 3. The Labute approximate surface area is 125 Å². The van der Waals surface area contributed by atoms with Crippen LogP contribution >= 0.6 is 11.3 Å². The molecule has 0 radical (unpaired) electrons. The van der Waals surface area contributed by atoms with Crippen molar-refractivity contribution in [2.24, 2.45) is 5.92 Å². The van der Waals surface area contributed by atoms with E-state index in [0.29, 0.717) is 5.92 Å². The Balaban J connectivity index is 1.63. The third-order valence-corrected chi connectivity index (χ3v) is 5.77. The Morgan fingerprint density at radius 3 is 2.85 bits per heavy atom. The Morgan fingerprint density at radius 2 is 2.10 bits per heavy atom. The molecule has 3 nitrogen and oxygen atoms in total. The van der Waals surface area contributed by atoms with Gasteiger partial charge in [-0.2, -0.15) is 0 Å². The van der Waals surface area contributed by atoms with Gasteiger partial charge in [0.2, 0.25) is 0 Å². The van der Waals surface area contributed by atoms with Crippen LogP contribution in [0.4, 0.5) is 0 Å². The molecule has 1 aromatic heterocycles. The largest absolute Gasteiger partial charge is 0.341 e. The number of thiophene rings is 1. The summed E-state index contributed by atoms with van der Waals surface area (Å²) in [5, 5.41) is 3.38. The van der Waals surface area contributed by atoms with E-state index in [0.717, 1.165) is 30.9 Å². The molecule has 0 saturated carbocycles. The first-order valence-electron chi connectivity index (χ1n) is 7.82. The van der Waals surface area contributed by atoms with Gasteiger partial charge in [0.05, 0.1) is 4.88 Å². The molecule has 1 fully saturated rings. The van der Waals surface area contributed by atoms with Gasteiger partial charge in [0, 0.05) is 18.5 Å². The van der Waals surface area contributed by atoms with Gasteiger partial charge in [0.25, 0.3) is 5.91 Å². The molecule has 1 N–H and O–H groups in total. The van der Waals surface area contributed by atoms with Crippen LogP contribution in [0.25, 0.3) is 0 Å². The maximum absolute atomic E-state index is 12.6. The highest BCUT2D eigenvalue weighted by molar-refractivity contribution is 7.14. The Hall–Kier alpha value is -0.870. The summed E-state index contributed by atoms with van der Waals surface area (Å²) in [7, 11) is 1.96. The van der Waals surface area contributed by atoms with Crippen molar-refractivity contribution in [1.82, 2.24) is 10.2 Å². The highest BCUT2D eigenvalue weighted by Crippen LogP contribution is 2.30. The minimum Gasteiger partial charge on any atom is -0.341 e. The number of fused-ring (bicyclic) bond motifs is 1. The summed E-state index contributed by atoms with van der Waals surface area (Å²) in [4.78, 5) is 16.9. The Morgan fingerprint density at radius 1 is 1.35 bits per heavy atom. The number of hydrogen-bond donors (Lipinski definition) is 1. The van der Waals surface area contributed by atoms with Gasteiger partial charge in [0.1, 0.15) is 0 Å². The van der Waals surface area contributed by atoms with E-state index >= 15 is 0 Å². The summed E-state index contributed by atoms with van der Waals surface area (Å²) in [5.41, 5.74) is 1.43. The Kier molecular flexibility index (Phi) is 4.41. The SMILES string of the molecule is CN(CC1CCNCC1)C(=O)c1cc2c(s1)CCCC2. The van der Waals surface area contributed by atoms with E-state index in [1.54, 1.807) is 11.3 Å². The van der Waals surface area contributed by atoms with Gasteiger partial charge < -0.3 is 10.2 Å². The standard InChI is InChI=1S/C16H24N2OS/c1-18(11-12-6-8-17-9-7-12)16(19)15-10-13-4-2-3-5-14(13)20-15/h10,12,17H,2-9,11H2,1H3. The summed E-state index contributed by atoms with van der Waals surface area (Å²) in [6.07, 6.45) is 7.29. The van der Waals surface area contributed by atoms with Crippen LogP contribution in [0, 0.1) is 5.92 Å². The molecule has 110 valence electrons. The molecule has 1 saturated heterocycles. The lowest BCUT2D eigenvalue weighted by molar-refractivity contribution is 0.0767. The number of nitrogens with one attached hydrogen (secondary N) is 1. The summed E-state index contributed by atoms with van der Waals surface area (Å²) in [6, 6.07) is 2.15. The normalized spacial score (nSPS) is 19.6. The second kappa shape index (κ2) is 6.27. The number of carbonyl (C=O) groups is 1. The maximum Gasteiger partial charge on any atom is 0.263 e. The summed E-state index contributed by atoms with van der Waals surface area (Å²) in [6.45, 7) is 3.10. The molecule has 4 heteroatoms. The maximum atomic E-state index is 12.6. The van der Waals surface area contributed by atoms with E-state index in [9.17, 15) is 4.79 Å². The number of nitrogens with zero attached hydrogens (tertiary/aromatic N) is 1. The van der Waals surface area contributed by atoms with E-state index in [-0.39, 0.29) is 5.91 Å². The third-order valence-electron chi connectivity index (χ3n) is 4.54. The van der Waals surface area contributed by atoms with Crippen molar-refractivity contribution in [1.29, 1.82) is 0 Å². The fourth-order valence-electron chi connectivity index (χ4n) is 3.32. The van der Waals surface area contributed by atoms with Crippen molar-refractivity contribution in [2.45, 2.75) is 38.5 Å². The van der Waals surface area contributed by atoms with Crippen molar-refractivity contribution in [3.05, 3.63) is 21.4 Å². The van der Waals surface area contributed by atoms with Gasteiger partial charge >= 0.3 is 0 Å². The van der Waals surface area contributed by atoms with Gasteiger partial charge in [0.15, 0.2) is 0 Å². The van der Waals surface area contributed by atoms with Gasteiger partial charge in [-0.25, -0.2) is 0 Å². The molecular formula is C16H24N2OS. The van der Waals surface area contributed by atoms with Gasteiger partial charge in [-0.05, 0) is 69.2 Å². The highest BCUT2D eigenvalue weighted by atomic mass is 32.1. The number of piperidine rings is 1. The van der Waals surface area contributed by atoms with Crippen LogP contribution in [-0.2, 0) is 12.8 Å². The molecule has 1 aromatic rings. The minimum absolute atomic E-state index is 0.225. The summed E-state index contributed by atoms with van der Waals surface area (Å²) >= 11 is 1.73. The predicted molar refractivity (Wildman–Crippen MR) is 83.5 cm³/mol. The van der Waals surface area contributed by atoms with Gasteiger partial charge in [-0.1, -0.05) is 0 Å². The second-order valence-electron chi connectivity index (χ2n) is 6.15. The fraction of sp³-hybridized carbons (Fsp3) is 0.688. The van der Waals surface area contributed by atoms with Crippen LogP contribution in [0.3, 0.4) is 0 Å². The first-order chi connectivity index (χ1) is 9.74.